The van der Waals surface area contributed by atoms with Gasteiger partial charge >= 0.3 is 0 Å². The molecule has 2 aromatic carbocycles. The van der Waals surface area contributed by atoms with Gasteiger partial charge in [-0.15, -0.1) is 33.7 Å². The fourth-order valence-corrected chi connectivity index (χ4v) is 5.25. The predicted molar refractivity (Wildman–Crippen MR) is 76.7 cm³/mol. The van der Waals surface area contributed by atoms with Crippen LogP contribution in [-0.4, -0.2) is 8.07 Å². The second kappa shape index (κ2) is 4.80. The number of hydrogen-bond acceptors (Lipinski definition) is 0. The molecule has 0 spiro atoms. The summed E-state index contributed by atoms with van der Waals surface area (Å²) in [6.45, 7) is 14.1. The zero-order valence-corrected chi connectivity index (χ0v) is 14.3. The van der Waals surface area contributed by atoms with Gasteiger partial charge in [-0.2, -0.15) is 5.56 Å². The maximum atomic E-state index is 2.44. The zero-order chi connectivity index (χ0) is 12.1. The number of fused-ring (bicyclic) bond motifs is 1. The summed E-state index contributed by atoms with van der Waals surface area (Å²) in [5.74, 6) is 0. The molecule has 0 radical (unpaired) electrons. The van der Waals surface area contributed by atoms with Crippen molar-refractivity contribution in [3.05, 3.63) is 34.9 Å². The summed E-state index contributed by atoms with van der Waals surface area (Å²) >= 11 is 0. The van der Waals surface area contributed by atoms with E-state index in [1.165, 1.54) is 27.5 Å². The van der Waals surface area contributed by atoms with Gasteiger partial charge in [0, 0.05) is 29.8 Å². The van der Waals surface area contributed by atoms with Crippen LogP contribution >= 0.6 is 0 Å². The van der Waals surface area contributed by atoms with Crippen LogP contribution in [0.5, 0.6) is 0 Å². The van der Waals surface area contributed by atoms with Crippen LogP contribution in [0.4, 0.5) is 0 Å². The first-order valence-electron chi connectivity index (χ1n) is 5.99. The molecule has 0 fully saturated rings. The number of hydrogen-bond donors (Lipinski definition) is 0. The third kappa shape index (κ3) is 2.33. The first kappa shape index (κ1) is 14.8. The van der Waals surface area contributed by atoms with Gasteiger partial charge in [-0.1, -0.05) is 45.1 Å². The molecule has 0 unspecified atom stereocenters. The van der Waals surface area contributed by atoms with Crippen LogP contribution in [0.15, 0.2) is 18.2 Å². The van der Waals surface area contributed by atoms with E-state index in [4.69, 9.17) is 0 Å². The normalized spacial score (nSPS) is 11.6. The van der Waals surface area contributed by atoms with E-state index >= 15 is 0 Å². The molecule has 0 aliphatic carbocycles. The number of rotatable bonds is 1. The summed E-state index contributed by atoms with van der Waals surface area (Å²) in [7, 11) is -1.24. The molecule has 0 saturated carbocycles. The van der Waals surface area contributed by atoms with Gasteiger partial charge in [-0.25, -0.2) is 0 Å². The Hall–Kier alpha value is -0.239. The van der Waals surface area contributed by atoms with Gasteiger partial charge in [0.1, 0.15) is 0 Å². The fraction of sp³-hybridized carbons (Fsp3) is 0.400. The fourth-order valence-electron chi connectivity index (χ4n) is 2.92. The maximum Gasteiger partial charge on any atom is 0.0293 e. The minimum Gasteiger partial charge on any atom is -0.153 e. The summed E-state index contributed by atoms with van der Waals surface area (Å²) in [5.41, 5.74) is 4.44. The largest absolute Gasteiger partial charge is 0.153 e. The second-order valence-corrected chi connectivity index (χ2v) is 10.9. The van der Waals surface area contributed by atoms with Crippen LogP contribution in [0.25, 0.3) is 10.8 Å². The molecular formula is C15H21SiTi-. The quantitative estimate of drug-likeness (QED) is 0.545. The van der Waals surface area contributed by atoms with E-state index in [1.54, 1.807) is 5.19 Å². The van der Waals surface area contributed by atoms with Crippen molar-refractivity contribution < 1.29 is 21.7 Å². The van der Waals surface area contributed by atoms with Crippen LogP contribution in [0, 0.1) is 20.8 Å². The van der Waals surface area contributed by atoms with E-state index < -0.39 is 8.07 Å². The number of benzene rings is 1. The Morgan fingerprint density at radius 1 is 1.00 bits per heavy atom. The van der Waals surface area contributed by atoms with Crippen LogP contribution in [0.1, 0.15) is 16.7 Å². The molecule has 0 aromatic heterocycles. The Morgan fingerprint density at radius 3 is 2.12 bits per heavy atom. The first-order valence-corrected chi connectivity index (χ1v) is 9.49. The van der Waals surface area contributed by atoms with Crippen molar-refractivity contribution >= 4 is 24.0 Å². The zero-order valence-electron chi connectivity index (χ0n) is 11.7. The average molecular weight is 277 g/mol. The standard InChI is InChI=1S/C15H21Si.Ti/c1-10-8-7-9-13-14(10)11(2)12(3)15(13)16(4,5)6;/h7-9H,1-6H3;/q-1;. The maximum absolute atomic E-state index is 2.44. The Labute approximate surface area is 121 Å². The van der Waals surface area contributed by atoms with Crippen molar-refractivity contribution in [2.45, 2.75) is 40.4 Å². The topological polar surface area (TPSA) is 0 Å². The van der Waals surface area contributed by atoms with Crippen molar-refractivity contribution in [2.24, 2.45) is 0 Å². The molecule has 2 heteroatoms. The monoisotopic (exact) mass is 277 g/mol. The third-order valence-electron chi connectivity index (χ3n) is 3.60. The van der Waals surface area contributed by atoms with Gasteiger partial charge in [0.25, 0.3) is 0 Å². The molecule has 90 valence electrons. The van der Waals surface area contributed by atoms with Crippen LogP contribution in [0.3, 0.4) is 0 Å². The Morgan fingerprint density at radius 2 is 1.59 bits per heavy atom. The Kier molecular flexibility index (Phi) is 4.18. The molecule has 0 nitrogen and oxygen atoms in total. The number of aryl methyl sites for hydroxylation is 2. The summed E-state index contributed by atoms with van der Waals surface area (Å²) in [6.07, 6.45) is 0. The van der Waals surface area contributed by atoms with Gasteiger partial charge in [-0.3, -0.25) is 0 Å². The molecule has 17 heavy (non-hydrogen) atoms. The molecule has 0 heterocycles. The molecular weight excluding hydrogens is 256 g/mol. The average Bonchev–Trinajstić information content (AvgIpc) is 2.39. The van der Waals surface area contributed by atoms with Gasteiger partial charge in [0.15, 0.2) is 0 Å². The van der Waals surface area contributed by atoms with Crippen molar-refractivity contribution in [1.29, 1.82) is 0 Å². The minimum atomic E-state index is -1.24. The predicted octanol–water partition coefficient (Wildman–Crippen LogP) is 4.03. The van der Waals surface area contributed by atoms with E-state index in [0.717, 1.165) is 0 Å². The van der Waals surface area contributed by atoms with Crippen molar-refractivity contribution in [1.82, 2.24) is 0 Å². The third-order valence-corrected chi connectivity index (χ3v) is 5.75. The minimum absolute atomic E-state index is 0. The van der Waals surface area contributed by atoms with E-state index in [2.05, 4.69) is 58.6 Å². The van der Waals surface area contributed by atoms with Gasteiger partial charge in [0.2, 0.25) is 0 Å². The molecule has 0 atom stereocenters. The van der Waals surface area contributed by atoms with Gasteiger partial charge < -0.3 is 0 Å². The summed E-state index contributed by atoms with van der Waals surface area (Å²) < 4.78 is 0. The van der Waals surface area contributed by atoms with Crippen molar-refractivity contribution in [2.75, 3.05) is 0 Å². The summed E-state index contributed by atoms with van der Waals surface area (Å²) in [4.78, 5) is 0. The summed E-state index contributed by atoms with van der Waals surface area (Å²) in [5, 5.41) is 4.66. The van der Waals surface area contributed by atoms with Crippen LogP contribution < -0.4 is 5.19 Å². The molecule has 0 saturated heterocycles. The second-order valence-electron chi connectivity index (χ2n) is 5.87. The van der Waals surface area contributed by atoms with Crippen LogP contribution in [0.2, 0.25) is 19.6 Å². The SMILES string of the molecule is Cc1cccc2c1c(C)c(C)[c-]2[Si](C)(C)C.[Ti]. The summed E-state index contributed by atoms with van der Waals surface area (Å²) in [6, 6.07) is 6.72. The van der Waals surface area contributed by atoms with Gasteiger partial charge in [-0.05, 0) is 6.92 Å². The molecule has 0 bridgehead atoms. The van der Waals surface area contributed by atoms with E-state index in [-0.39, 0.29) is 21.7 Å². The van der Waals surface area contributed by atoms with E-state index in [1.807, 2.05) is 0 Å². The van der Waals surface area contributed by atoms with Crippen molar-refractivity contribution in [3.63, 3.8) is 0 Å². The smallest absolute Gasteiger partial charge is 0.0293 e. The van der Waals surface area contributed by atoms with Crippen LogP contribution in [-0.2, 0) is 21.7 Å². The van der Waals surface area contributed by atoms with Gasteiger partial charge in [0.05, 0.1) is 0 Å². The molecule has 2 aromatic rings. The van der Waals surface area contributed by atoms with Crippen molar-refractivity contribution in [3.8, 4) is 0 Å². The first-order chi connectivity index (χ1) is 7.34. The molecule has 2 rings (SSSR count). The molecule has 0 amide bonds. The Balaban J connectivity index is 0.00000144. The Bertz CT molecular complexity index is 544. The van der Waals surface area contributed by atoms with E-state index in [0.29, 0.717) is 0 Å². The van der Waals surface area contributed by atoms with E-state index in [9.17, 15) is 0 Å². The molecule has 0 aliphatic rings. The molecule has 0 N–H and O–H groups in total. The molecule has 0 aliphatic heterocycles.